The van der Waals surface area contributed by atoms with Crippen molar-refractivity contribution in [1.82, 2.24) is 0 Å². The minimum absolute atomic E-state index is 0.0505. The fraction of sp³-hybridized carbons (Fsp3) is 0.818. The van der Waals surface area contributed by atoms with Crippen molar-refractivity contribution in [3.05, 3.63) is 0 Å². The van der Waals surface area contributed by atoms with Crippen molar-refractivity contribution < 1.29 is 19.2 Å². The Balaban J connectivity index is 4.76. The first-order chi connectivity index (χ1) is 7.19. The number of carbonyl (C=O) groups excluding carboxylic acids is 1. The number of carbonyl (C=O) groups is 2. The van der Waals surface area contributed by atoms with Gasteiger partial charge in [-0.05, 0) is 6.42 Å². The minimum Gasteiger partial charge on any atom is -0.480 e. The highest BCUT2D eigenvalue weighted by Gasteiger charge is 2.34. The molecule has 94 valence electrons. The Morgan fingerprint density at radius 1 is 1.31 bits per heavy atom. The lowest BCUT2D eigenvalue weighted by Gasteiger charge is -2.30. The Hall–Kier alpha value is -0.940. The Bertz CT molecular complexity index is 258. The predicted molar refractivity (Wildman–Crippen MR) is 61.9 cm³/mol. The van der Waals surface area contributed by atoms with Gasteiger partial charge in [0, 0.05) is 6.42 Å². The number of ketones is 1. The lowest BCUT2D eigenvalue weighted by atomic mass is 9.92. The smallest absolute Gasteiger partial charge is 0.321 e. The molecular formula is C11H23N2O3+. The Labute approximate surface area is 96.8 Å². The highest BCUT2D eigenvalue weighted by atomic mass is 16.4. The van der Waals surface area contributed by atoms with Crippen molar-refractivity contribution in [2.45, 2.75) is 25.8 Å². The molecule has 0 aliphatic carbocycles. The molecule has 0 saturated carbocycles. The summed E-state index contributed by atoms with van der Waals surface area (Å²) in [7, 11) is 5.75. The minimum atomic E-state index is -1.11. The normalized spacial score (nSPS) is 15.6. The van der Waals surface area contributed by atoms with Gasteiger partial charge >= 0.3 is 5.97 Å². The summed E-state index contributed by atoms with van der Waals surface area (Å²) in [4.78, 5) is 22.7. The third-order valence-electron chi connectivity index (χ3n) is 2.37. The van der Waals surface area contributed by atoms with Crippen LogP contribution in [0.5, 0.6) is 0 Å². The van der Waals surface area contributed by atoms with Crippen LogP contribution in [0.15, 0.2) is 0 Å². The van der Waals surface area contributed by atoms with E-state index in [1.54, 1.807) is 0 Å². The molecule has 2 atom stereocenters. The molecule has 0 rings (SSSR count). The lowest BCUT2D eigenvalue weighted by molar-refractivity contribution is -0.872. The van der Waals surface area contributed by atoms with E-state index in [1.807, 2.05) is 28.1 Å². The van der Waals surface area contributed by atoms with Crippen molar-refractivity contribution in [2.24, 2.45) is 11.7 Å². The van der Waals surface area contributed by atoms with Gasteiger partial charge in [-0.25, -0.2) is 0 Å². The Morgan fingerprint density at radius 2 is 1.81 bits per heavy atom. The molecule has 0 aliphatic rings. The molecule has 0 saturated heterocycles. The summed E-state index contributed by atoms with van der Waals surface area (Å²) in [5, 5.41) is 8.88. The van der Waals surface area contributed by atoms with Gasteiger partial charge in [-0.3, -0.25) is 9.59 Å². The van der Waals surface area contributed by atoms with E-state index in [0.717, 1.165) is 6.42 Å². The quantitative estimate of drug-likeness (QED) is 0.608. The highest BCUT2D eigenvalue weighted by molar-refractivity contribution is 5.88. The monoisotopic (exact) mass is 231 g/mol. The van der Waals surface area contributed by atoms with Crippen molar-refractivity contribution in [1.29, 1.82) is 0 Å². The van der Waals surface area contributed by atoms with Gasteiger partial charge in [-0.15, -0.1) is 0 Å². The average molecular weight is 231 g/mol. The van der Waals surface area contributed by atoms with Gasteiger partial charge in [-0.1, -0.05) is 6.92 Å². The van der Waals surface area contributed by atoms with E-state index in [-0.39, 0.29) is 5.78 Å². The molecule has 5 heteroatoms. The van der Waals surface area contributed by atoms with E-state index >= 15 is 0 Å². The molecule has 1 unspecified atom stereocenters. The van der Waals surface area contributed by atoms with Crippen LogP contribution < -0.4 is 5.73 Å². The van der Waals surface area contributed by atoms with Crippen LogP contribution in [0.1, 0.15) is 19.8 Å². The zero-order valence-corrected chi connectivity index (χ0v) is 10.6. The van der Waals surface area contributed by atoms with Gasteiger partial charge in [-0.2, -0.15) is 0 Å². The van der Waals surface area contributed by atoms with E-state index in [1.165, 1.54) is 0 Å². The van der Waals surface area contributed by atoms with Crippen molar-refractivity contribution in [3.63, 3.8) is 0 Å². The summed E-state index contributed by atoms with van der Waals surface area (Å²) in [6, 6.07) is -1.10. The molecule has 0 aliphatic heterocycles. The molecule has 0 radical (unpaired) electrons. The van der Waals surface area contributed by atoms with Gasteiger partial charge in [0.2, 0.25) is 0 Å². The number of carboxylic acids is 1. The first-order valence-electron chi connectivity index (χ1n) is 5.50. The van der Waals surface area contributed by atoms with Crippen LogP contribution in [0.2, 0.25) is 0 Å². The maximum absolute atomic E-state index is 11.8. The second-order valence-corrected chi connectivity index (χ2v) is 5.16. The molecule has 3 N–H and O–H groups in total. The molecule has 0 aromatic carbocycles. The van der Waals surface area contributed by atoms with Gasteiger partial charge in [0.15, 0.2) is 0 Å². The summed E-state index contributed by atoms with van der Waals surface area (Å²) in [5.74, 6) is -1.76. The number of aliphatic carboxylic acids is 1. The van der Waals surface area contributed by atoms with Crippen LogP contribution in [-0.2, 0) is 9.59 Å². The molecule has 0 fully saturated rings. The van der Waals surface area contributed by atoms with Crippen LogP contribution in [0.4, 0.5) is 0 Å². The lowest BCUT2D eigenvalue weighted by Crippen LogP contribution is -2.51. The Morgan fingerprint density at radius 3 is 2.12 bits per heavy atom. The van der Waals surface area contributed by atoms with Crippen molar-refractivity contribution in [3.8, 4) is 0 Å². The summed E-state index contributed by atoms with van der Waals surface area (Å²) in [6.45, 7) is 2.35. The zero-order valence-electron chi connectivity index (χ0n) is 10.6. The molecule has 0 spiro atoms. The fourth-order valence-corrected chi connectivity index (χ4v) is 1.61. The standard InChI is InChI=1S/C11H22N2O3/c1-5-6-9(14)8(7-13(2,3)4)10(12)11(15)16/h8,10H,5-7,12H2,1-4H3/p+1/t8-,10?/m0/s1. The average Bonchev–Trinajstić information content (AvgIpc) is 2.11. The first-order valence-corrected chi connectivity index (χ1v) is 5.50. The topological polar surface area (TPSA) is 80.4 Å². The summed E-state index contributed by atoms with van der Waals surface area (Å²) in [5.41, 5.74) is 5.57. The molecule has 16 heavy (non-hydrogen) atoms. The molecule has 0 bridgehead atoms. The third kappa shape index (κ3) is 5.23. The van der Waals surface area contributed by atoms with Crippen molar-refractivity contribution in [2.75, 3.05) is 27.7 Å². The third-order valence-corrected chi connectivity index (χ3v) is 2.37. The summed E-state index contributed by atoms with van der Waals surface area (Å²) in [6.07, 6.45) is 1.12. The van der Waals surface area contributed by atoms with Gasteiger partial charge < -0.3 is 15.3 Å². The Kier molecular flexibility index (Phi) is 5.61. The van der Waals surface area contributed by atoms with E-state index < -0.39 is 17.9 Å². The zero-order chi connectivity index (χ0) is 12.9. The van der Waals surface area contributed by atoms with Gasteiger partial charge in [0.25, 0.3) is 0 Å². The van der Waals surface area contributed by atoms with Crippen LogP contribution >= 0.6 is 0 Å². The fourth-order valence-electron chi connectivity index (χ4n) is 1.61. The second kappa shape index (κ2) is 5.96. The van der Waals surface area contributed by atoms with Crippen LogP contribution in [-0.4, -0.2) is 55.1 Å². The molecule has 0 amide bonds. The molecular weight excluding hydrogens is 208 g/mol. The highest BCUT2D eigenvalue weighted by Crippen LogP contribution is 2.12. The number of nitrogens with zero attached hydrogens (tertiary/aromatic N) is 1. The van der Waals surface area contributed by atoms with Gasteiger partial charge in [0.05, 0.1) is 33.6 Å². The second-order valence-electron chi connectivity index (χ2n) is 5.16. The van der Waals surface area contributed by atoms with Crippen molar-refractivity contribution >= 4 is 11.8 Å². The number of nitrogens with two attached hydrogens (primary N) is 1. The molecule has 0 aromatic rings. The number of hydrogen-bond donors (Lipinski definition) is 2. The largest absolute Gasteiger partial charge is 0.480 e. The van der Waals surface area contributed by atoms with E-state index in [2.05, 4.69) is 0 Å². The van der Waals surface area contributed by atoms with Gasteiger partial charge in [0.1, 0.15) is 11.8 Å². The maximum Gasteiger partial charge on any atom is 0.321 e. The number of carboxylic acid groups (broad SMARTS) is 1. The summed E-state index contributed by atoms with van der Waals surface area (Å²) >= 11 is 0. The first kappa shape index (κ1) is 15.1. The number of rotatable bonds is 7. The van der Waals surface area contributed by atoms with Crippen LogP contribution in [0.25, 0.3) is 0 Å². The predicted octanol–water partition coefficient (Wildman–Crippen LogP) is 0.0899. The van der Waals surface area contributed by atoms with Crippen LogP contribution in [0.3, 0.4) is 0 Å². The maximum atomic E-state index is 11.8. The SMILES string of the molecule is CCCC(=O)[C@H](C[N+](C)(C)C)C(N)C(=O)O. The number of hydrogen-bond acceptors (Lipinski definition) is 3. The number of quaternary nitrogens is 1. The van der Waals surface area contributed by atoms with Crippen LogP contribution in [0, 0.1) is 5.92 Å². The van der Waals surface area contributed by atoms with E-state index in [4.69, 9.17) is 10.8 Å². The number of Topliss-reactive ketones (excluding diaryl/α,β-unsaturated/α-hetero) is 1. The van der Waals surface area contributed by atoms with E-state index in [9.17, 15) is 9.59 Å². The molecule has 0 heterocycles. The van der Waals surface area contributed by atoms with E-state index in [0.29, 0.717) is 17.4 Å². The molecule has 0 aromatic heterocycles. The molecule has 5 nitrogen and oxygen atoms in total. The summed E-state index contributed by atoms with van der Waals surface area (Å²) < 4.78 is 0.529.